The molecule has 10 heteroatoms. The minimum absolute atomic E-state index is 0.0736. The number of hydrogen-bond acceptors (Lipinski definition) is 7. The number of rotatable bonds is 6. The smallest absolute Gasteiger partial charge is 0.266 e. The summed E-state index contributed by atoms with van der Waals surface area (Å²) in [7, 11) is -3.71. The Morgan fingerprint density at radius 1 is 1.19 bits per heavy atom. The third kappa shape index (κ3) is 4.10. The van der Waals surface area contributed by atoms with Crippen LogP contribution >= 0.6 is 11.3 Å². The van der Waals surface area contributed by atoms with Crippen LogP contribution in [0.25, 0.3) is 10.2 Å². The van der Waals surface area contributed by atoms with Crippen molar-refractivity contribution in [1.82, 2.24) is 14.3 Å². The van der Waals surface area contributed by atoms with E-state index in [0.717, 1.165) is 34.3 Å². The molecule has 1 aromatic carbocycles. The van der Waals surface area contributed by atoms with Crippen molar-refractivity contribution in [2.45, 2.75) is 45.4 Å². The number of nitrogens with one attached hydrogen (secondary N) is 1. The fourth-order valence-corrected chi connectivity index (χ4v) is 6.85. The van der Waals surface area contributed by atoms with Crippen LogP contribution in [0.1, 0.15) is 46.5 Å². The molecule has 4 rings (SSSR count). The molecule has 1 saturated heterocycles. The predicted molar refractivity (Wildman–Crippen MR) is 125 cm³/mol. The molecular weight excluding hydrogens is 448 g/mol. The zero-order valence-electron chi connectivity index (χ0n) is 18.6. The van der Waals surface area contributed by atoms with E-state index >= 15 is 0 Å². The molecule has 170 valence electrons. The maximum atomic E-state index is 13.2. The lowest BCUT2D eigenvalue weighted by atomic mass is 10.1. The van der Waals surface area contributed by atoms with E-state index in [0.29, 0.717) is 36.1 Å². The first-order valence-electron chi connectivity index (χ1n) is 10.5. The summed E-state index contributed by atoms with van der Waals surface area (Å²) >= 11 is 1.31. The number of sulfonamides is 1. The molecule has 0 saturated carbocycles. The van der Waals surface area contributed by atoms with Crippen LogP contribution in [0.2, 0.25) is 0 Å². The second-order valence-corrected chi connectivity index (χ2v) is 10.7. The van der Waals surface area contributed by atoms with Crippen molar-refractivity contribution >= 4 is 43.2 Å². The Balaban J connectivity index is 1.69. The van der Waals surface area contributed by atoms with Crippen LogP contribution in [0.4, 0.5) is 5.69 Å². The average molecular weight is 475 g/mol. The number of fused-ring (bicyclic) bond motifs is 1. The first-order valence-corrected chi connectivity index (χ1v) is 12.8. The molecule has 0 aliphatic carbocycles. The third-order valence-corrected chi connectivity index (χ3v) is 8.58. The van der Waals surface area contributed by atoms with Crippen LogP contribution in [0.15, 0.2) is 23.1 Å². The molecule has 1 fully saturated rings. The van der Waals surface area contributed by atoms with Crippen molar-refractivity contribution in [2.24, 2.45) is 0 Å². The Morgan fingerprint density at radius 3 is 2.59 bits per heavy atom. The minimum Gasteiger partial charge on any atom is -0.492 e. The number of anilines is 1. The van der Waals surface area contributed by atoms with Crippen LogP contribution in [0, 0.1) is 20.8 Å². The van der Waals surface area contributed by atoms with E-state index in [1.807, 2.05) is 20.8 Å². The van der Waals surface area contributed by atoms with Gasteiger partial charge in [-0.05, 0) is 64.3 Å². The van der Waals surface area contributed by atoms with E-state index in [2.05, 4.69) is 15.3 Å². The minimum atomic E-state index is -3.71. The largest absolute Gasteiger partial charge is 0.492 e. The molecule has 0 radical (unpaired) electrons. The fourth-order valence-electron chi connectivity index (χ4n) is 4.01. The van der Waals surface area contributed by atoms with Gasteiger partial charge in [0.05, 0.1) is 11.5 Å². The summed E-state index contributed by atoms with van der Waals surface area (Å²) in [4.78, 5) is 23.3. The highest BCUT2D eigenvalue weighted by Gasteiger charge is 2.30. The summed E-state index contributed by atoms with van der Waals surface area (Å²) in [6.07, 6.45) is 1.68. The molecule has 8 nitrogen and oxygen atoms in total. The fraction of sp³-hybridized carbons (Fsp3) is 0.409. The zero-order valence-corrected chi connectivity index (χ0v) is 20.2. The van der Waals surface area contributed by atoms with Gasteiger partial charge in [-0.2, -0.15) is 4.31 Å². The van der Waals surface area contributed by atoms with Crippen molar-refractivity contribution in [1.29, 1.82) is 0 Å². The topological polar surface area (TPSA) is 101 Å². The first kappa shape index (κ1) is 22.6. The molecule has 0 bridgehead atoms. The van der Waals surface area contributed by atoms with Crippen molar-refractivity contribution in [2.75, 3.05) is 25.0 Å². The molecule has 3 heterocycles. The summed E-state index contributed by atoms with van der Waals surface area (Å²) in [5, 5.41) is 3.74. The second kappa shape index (κ2) is 8.76. The molecule has 1 N–H and O–H groups in total. The van der Waals surface area contributed by atoms with Gasteiger partial charge in [0.15, 0.2) is 0 Å². The molecule has 1 aliphatic heterocycles. The number of carbonyl (C=O) groups excluding carboxylic acids is 1. The summed E-state index contributed by atoms with van der Waals surface area (Å²) in [5.74, 6) is 0.638. The van der Waals surface area contributed by atoms with Gasteiger partial charge in [0, 0.05) is 29.9 Å². The summed E-state index contributed by atoms with van der Waals surface area (Å²) in [5.41, 5.74) is 2.04. The standard InChI is InChI=1S/C22H26N4O4S2/c1-5-30-17-9-8-16(12-18(17)32(28,29)26-10-6-7-11-26)25-21(27)20-13(2)19-14(3)23-15(4)24-22(19)31-20/h8-9,12H,5-7,10-11H2,1-4H3,(H,25,27). The third-order valence-electron chi connectivity index (χ3n) is 5.47. The van der Waals surface area contributed by atoms with Crippen molar-refractivity contribution in [3.8, 4) is 5.75 Å². The number of aryl methyl sites for hydroxylation is 3. The van der Waals surface area contributed by atoms with Gasteiger partial charge in [-0.1, -0.05) is 0 Å². The molecule has 0 atom stereocenters. The maximum Gasteiger partial charge on any atom is 0.266 e. The van der Waals surface area contributed by atoms with Gasteiger partial charge >= 0.3 is 0 Å². The monoisotopic (exact) mass is 474 g/mol. The van der Waals surface area contributed by atoms with Crippen LogP contribution in [0.5, 0.6) is 5.75 Å². The molecule has 32 heavy (non-hydrogen) atoms. The number of ether oxygens (including phenoxy) is 1. The summed E-state index contributed by atoms with van der Waals surface area (Å²) in [6.45, 7) is 8.73. The Labute approximate surface area is 191 Å². The van der Waals surface area contributed by atoms with E-state index in [1.54, 1.807) is 19.1 Å². The van der Waals surface area contributed by atoms with Gasteiger partial charge in [-0.15, -0.1) is 11.3 Å². The van der Waals surface area contributed by atoms with Gasteiger partial charge < -0.3 is 10.1 Å². The van der Waals surface area contributed by atoms with Gasteiger partial charge in [0.25, 0.3) is 5.91 Å². The quantitative estimate of drug-likeness (QED) is 0.578. The van der Waals surface area contributed by atoms with Crippen LogP contribution in [-0.2, 0) is 10.0 Å². The van der Waals surface area contributed by atoms with E-state index < -0.39 is 10.0 Å². The van der Waals surface area contributed by atoms with E-state index in [-0.39, 0.29) is 16.6 Å². The van der Waals surface area contributed by atoms with E-state index in [4.69, 9.17) is 4.74 Å². The lowest BCUT2D eigenvalue weighted by Crippen LogP contribution is -2.28. The second-order valence-electron chi connectivity index (χ2n) is 7.75. The lowest BCUT2D eigenvalue weighted by molar-refractivity contribution is 0.103. The number of amides is 1. The molecule has 1 aliphatic rings. The molecular formula is C22H26N4O4S2. The Kier molecular flexibility index (Phi) is 6.19. The molecule has 0 spiro atoms. The normalized spacial score (nSPS) is 14.8. The highest BCUT2D eigenvalue weighted by Crippen LogP contribution is 2.34. The highest BCUT2D eigenvalue weighted by molar-refractivity contribution is 7.89. The zero-order chi connectivity index (χ0) is 23.0. The first-order chi connectivity index (χ1) is 15.2. The van der Waals surface area contributed by atoms with E-state index in [9.17, 15) is 13.2 Å². The Hall–Kier alpha value is -2.56. The number of carbonyl (C=O) groups is 1. The molecule has 0 unspecified atom stereocenters. The van der Waals surface area contributed by atoms with Crippen molar-refractivity contribution in [3.05, 3.63) is 40.2 Å². The Bertz CT molecular complexity index is 1290. The molecule has 2 aromatic heterocycles. The molecule has 1 amide bonds. The number of hydrogen-bond donors (Lipinski definition) is 1. The number of nitrogens with zero attached hydrogens (tertiary/aromatic N) is 3. The van der Waals surface area contributed by atoms with Gasteiger partial charge in [-0.25, -0.2) is 18.4 Å². The Morgan fingerprint density at radius 2 is 1.91 bits per heavy atom. The maximum absolute atomic E-state index is 13.2. The highest BCUT2D eigenvalue weighted by atomic mass is 32.2. The van der Waals surface area contributed by atoms with Crippen LogP contribution < -0.4 is 10.1 Å². The van der Waals surface area contributed by atoms with Crippen LogP contribution in [0.3, 0.4) is 0 Å². The van der Waals surface area contributed by atoms with Crippen LogP contribution in [-0.4, -0.2) is 48.3 Å². The average Bonchev–Trinajstić information content (AvgIpc) is 3.38. The lowest BCUT2D eigenvalue weighted by Gasteiger charge is -2.19. The predicted octanol–water partition coefficient (Wildman–Crippen LogP) is 4.05. The van der Waals surface area contributed by atoms with Gasteiger partial charge in [0.2, 0.25) is 10.0 Å². The van der Waals surface area contributed by atoms with Crippen molar-refractivity contribution in [3.63, 3.8) is 0 Å². The summed E-state index contributed by atoms with van der Waals surface area (Å²) < 4.78 is 33.4. The molecule has 3 aromatic rings. The summed E-state index contributed by atoms with van der Waals surface area (Å²) in [6, 6.07) is 4.73. The number of benzene rings is 1. The SMILES string of the molecule is CCOc1ccc(NC(=O)c2sc3nc(C)nc(C)c3c2C)cc1S(=O)(=O)N1CCCC1. The van der Waals surface area contributed by atoms with E-state index in [1.165, 1.54) is 21.7 Å². The number of aromatic nitrogens is 2. The van der Waals surface area contributed by atoms with Gasteiger partial charge in [-0.3, -0.25) is 4.79 Å². The van der Waals surface area contributed by atoms with Crippen molar-refractivity contribution < 1.29 is 17.9 Å². The number of thiophene rings is 1. The van der Waals surface area contributed by atoms with Gasteiger partial charge in [0.1, 0.15) is 21.3 Å².